The zero-order valence-corrected chi connectivity index (χ0v) is 20.0. The van der Waals surface area contributed by atoms with E-state index in [0.717, 1.165) is 5.56 Å². The van der Waals surface area contributed by atoms with Gasteiger partial charge in [-0.1, -0.05) is 44.2 Å². The molecule has 202 valence electrons. The van der Waals surface area contributed by atoms with Gasteiger partial charge in [0.2, 0.25) is 11.6 Å². The van der Waals surface area contributed by atoms with Crippen LogP contribution in [0.2, 0.25) is 0 Å². The van der Waals surface area contributed by atoms with E-state index in [1.807, 2.05) is 30.3 Å². The highest BCUT2D eigenvalue weighted by molar-refractivity contribution is 6.39. The summed E-state index contributed by atoms with van der Waals surface area (Å²) in [5.41, 5.74) is 10.7. The number of hydrogen-bond acceptors (Lipinski definition) is 9. The summed E-state index contributed by atoms with van der Waals surface area (Å²) in [6.45, 7) is 3.54. The highest BCUT2D eigenvalue weighted by atomic mass is 19.1. The van der Waals surface area contributed by atoms with E-state index in [1.54, 1.807) is 13.8 Å². The van der Waals surface area contributed by atoms with Crippen molar-refractivity contribution in [1.82, 2.24) is 5.32 Å². The number of carbonyl (C=O) groups is 6. The number of amides is 1. The third-order valence-electron chi connectivity index (χ3n) is 3.94. The van der Waals surface area contributed by atoms with Gasteiger partial charge in [0.15, 0.2) is 6.67 Å². The normalized spacial score (nSPS) is 12.3. The number of carboxylic acids is 3. The molecule has 0 aliphatic carbocycles. The lowest BCUT2D eigenvalue weighted by molar-refractivity contribution is -0.142. The Hall–Kier alpha value is -3.91. The number of hydrogen-bond donors (Lipinski definition) is 6. The van der Waals surface area contributed by atoms with Crippen molar-refractivity contribution >= 4 is 35.6 Å². The molecule has 0 radical (unpaired) electrons. The number of halogens is 1. The Morgan fingerprint density at radius 2 is 1.44 bits per heavy atom. The van der Waals surface area contributed by atoms with Gasteiger partial charge in [-0.25, -0.2) is 14.0 Å². The quantitative estimate of drug-likeness (QED) is 0.218. The largest absolute Gasteiger partial charge is 0.481 e. The maximum atomic E-state index is 11.6. The van der Waals surface area contributed by atoms with Crippen LogP contribution in [0.15, 0.2) is 30.3 Å². The number of carboxylic acid groups (broad SMARTS) is 3. The Labute approximate surface area is 206 Å². The molecule has 13 nitrogen and oxygen atoms in total. The summed E-state index contributed by atoms with van der Waals surface area (Å²) in [6, 6.07) is 6.08. The highest BCUT2D eigenvalue weighted by Gasteiger charge is 2.24. The number of ether oxygens (including phenoxy) is 1. The minimum absolute atomic E-state index is 0.122. The smallest absolute Gasteiger partial charge is 0.408 e. The number of rotatable bonds is 11. The van der Waals surface area contributed by atoms with Crippen LogP contribution in [-0.2, 0) is 35.3 Å². The number of nitrogens with one attached hydrogen (secondary N) is 1. The minimum atomic E-state index is -1.44. The first-order valence-electron chi connectivity index (χ1n) is 10.4. The van der Waals surface area contributed by atoms with Crippen LogP contribution >= 0.6 is 0 Å². The first kappa shape index (κ1) is 34.3. The molecule has 0 spiro atoms. The van der Waals surface area contributed by atoms with Gasteiger partial charge < -0.3 is 36.8 Å². The number of carbonyl (C=O) groups excluding carboxylic acids is 3. The van der Waals surface area contributed by atoms with Crippen LogP contribution in [0.3, 0.4) is 0 Å². The van der Waals surface area contributed by atoms with Gasteiger partial charge in [-0.05, 0) is 18.4 Å². The fraction of sp³-hybridized carbons (Fsp3) is 0.455. The molecule has 1 aromatic rings. The Kier molecular flexibility index (Phi) is 17.5. The van der Waals surface area contributed by atoms with Crippen LogP contribution in [0, 0.1) is 5.92 Å². The molecule has 1 amide bonds. The average molecular weight is 518 g/mol. The summed E-state index contributed by atoms with van der Waals surface area (Å²) in [5.74, 6) is -6.01. The predicted molar refractivity (Wildman–Crippen MR) is 124 cm³/mol. The van der Waals surface area contributed by atoms with Gasteiger partial charge in [0.25, 0.3) is 0 Å². The lowest BCUT2D eigenvalue weighted by Crippen LogP contribution is -2.44. The topological polar surface area (TPSA) is 236 Å². The van der Waals surface area contributed by atoms with Crippen LogP contribution in [-0.4, -0.2) is 75.7 Å². The lowest BCUT2D eigenvalue weighted by atomic mass is 10.1. The van der Waals surface area contributed by atoms with E-state index in [0.29, 0.717) is 0 Å². The van der Waals surface area contributed by atoms with Gasteiger partial charge in [-0.15, -0.1) is 0 Å². The first-order valence-corrected chi connectivity index (χ1v) is 10.4. The molecular weight excluding hydrogens is 485 g/mol. The summed E-state index contributed by atoms with van der Waals surface area (Å²) < 4.78 is 16.5. The molecule has 8 N–H and O–H groups in total. The van der Waals surface area contributed by atoms with E-state index in [1.165, 1.54) is 6.92 Å². The molecule has 14 heteroatoms. The maximum Gasteiger partial charge on any atom is 0.408 e. The summed E-state index contributed by atoms with van der Waals surface area (Å²) in [4.78, 5) is 62.9. The zero-order valence-electron chi connectivity index (χ0n) is 20.0. The molecule has 0 saturated heterocycles. The molecule has 1 aromatic carbocycles. The third-order valence-corrected chi connectivity index (χ3v) is 3.94. The number of alkyl halides is 1. The van der Waals surface area contributed by atoms with Crippen molar-refractivity contribution in [2.75, 3.05) is 6.67 Å². The van der Waals surface area contributed by atoms with Crippen molar-refractivity contribution in [3.63, 3.8) is 0 Å². The Bertz CT molecular complexity index is 878. The number of Topliss-reactive ketones (excluding diaryl/α,β-unsaturated/α-hetero) is 2. The molecule has 0 bridgehead atoms. The van der Waals surface area contributed by atoms with Gasteiger partial charge in [0, 0.05) is 0 Å². The maximum absolute atomic E-state index is 11.6. The molecule has 0 aliphatic heterocycles. The molecule has 0 fully saturated rings. The van der Waals surface area contributed by atoms with Crippen LogP contribution in [0.25, 0.3) is 0 Å². The second-order valence-corrected chi connectivity index (χ2v) is 7.52. The highest BCUT2D eigenvalue weighted by Crippen LogP contribution is 2.04. The fourth-order valence-electron chi connectivity index (χ4n) is 1.96. The van der Waals surface area contributed by atoms with Crippen molar-refractivity contribution in [2.45, 2.75) is 51.9 Å². The summed E-state index contributed by atoms with van der Waals surface area (Å²) in [7, 11) is 0. The zero-order chi connectivity index (χ0) is 28.4. The van der Waals surface area contributed by atoms with Gasteiger partial charge in [0.1, 0.15) is 18.7 Å². The number of alkyl carbamates (subject to hydrolysis) is 1. The minimum Gasteiger partial charge on any atom is -0.481 e. The van der Waals surface area contributed by atoms with E-state index >= 15 is 0 Å². The SMILES string of the molecule is CC(C)[C@H](NC(=O)OCc1ccccc1)C(=O)O.C[C@H](N)C(=O)O.N[C@@H](CC(=O)O)C(=O)C(=O)CF. The molecular formula is C22H32FN3O10. The Morgan fingerprint density at radius 3 is 1.81 bits per heavy atom. The van der Waals surface area contributed by atoms with Crippen molar-refractivity contribution in [3.8, 4) is 0 Å². The fourth-order valence-corrected chi connectivity index (χ4v) is 1.96. The molecule has 0 aromatic heterocycles. The van der Waals surface area contributed by atoms with Crippen molar-refractivity contribution < 1.29 is 53.2 Å². The standard InChI is InChI=1S/C13H17NO4.C6H8FNO4.C3H7NO2/c1-9(2)11(12(15)16)14-13(17)18-8-10-6-4-3-5-7-10;7-2-4(9)6(12)3(8)1-5(10)11;1-2(4)3(5)6/h3-7,9,11H,8H2,1-2H3,(H,14,17)(H,15,16);3H,1-2,8H2,(H,10,11);2H,4H2,1H3,(H,5,6)/t11-;3-;2-/m000/s1. The second-order valence-electron chi connectivity index (χ2n) is 7.52. The van der Waals surface area contributed by atoms with Gasteiger partial charge in [0.05, 0.1) is 12.5 Å². The van der Waals surface area contributed by atoms with Crippen molar-refractivity contribution in [1.29, 1.82) is 0 Å². The predicted octanol–water partition coefficient (Wildman–Crippen LogP) is 0.336. The first-order chi connectivity index (χ1) is 16.6. The van der Waals surface area contributed by atoms with Crippen LogP contribution in [0.1, 0.15) is 32.8 Å². The van der Waals surface area contributed by atoms with Crippen LogP contribution in [0.4, 0.5) is 9.18 Å². The monoisotopic (exact) mass is 517 g/mol. The molecule has 0 heterocycles. The Balaban J connectivity index is 0. The van der Waals surface area contributed by atoms with Gasteiger partial charge >= 0.3 is 24.0 Å². The third kappa shape index (κ3) is 16.7. The van der Waals surface area contributed by atoms with E-state index in [-0.39, 0.29) is 12.5 Å². The van der Waals surface area contributed by atoms with E-state index in [4.69, 9.17) is 31.5 Å². The number of aliphatic carboxylic acids is 3. The molecule has 36 heavy (non-hydrogen) atoms. The van der Waals surface area contributed by atoms with Crippen molar-refractivity contribution in [3.05, 3.63) is 35.9 Å². The number of ketones is 2. The molecule has 1 rings (SSSR count). The summed E-state index contributed by atoms with van der Waals surface area (Å²) >= 11 is 0. The Morgan fingerprint density at radius 1 is 0.944 bits per heavy atom. The van der Waals surface area contributed by atoms with Crippen molar-refractivity contribution in [2.24, 2.45) is 17.4 Å². The summed E-state index contributed by atoms with van der Waals surface area (Å²) in [5, 5.41) is 27.2. The lowest BCUT2D eigenvalue weighted by Gasteiger charge is -2.17. The number of nitrogens with two attached hydrogens (primary N) is 2. The second kappa shape index (κ2) is 18.4. The molecule has 3 atom stereocenters. The van der Waals surface area contributed by atoms with Crippen LogP contribution in [0.5, 0.6) is 0 Å². The average Bonchev–Trinajstić information content (AvgIpc) is 2.80. The summed E-state index contributed by atoms with van der Waals surface area (Å²) in [6.07, 6.45) is -1.38. The molecule has 0 saturated carbocycles. The van der Waals surface area contributed by atoms with E-state index in [9.17, 15) is 33.2 Å². The molecule has 0 unspecified atom stereocenters. The van der Waals surface area contributed by atoms with E-state index in [2.05, 4.69) is 5.32 Å². The number of benzene rings is 1. The van der Waals surface area contributed by atoms with E-state index < -0.39 is 66.8 Å². The van der Waals surface area contributed by atoms with Crippen LogP contribution < -0.4 is 16.8 Å². The van der Waals surface area contributed by atoms with Gasteiger partial charge in [-0.2, -0.15) is 0 Å². The molecule has 0 aliphatic rings. The van der Waals surface area contributed by atoms with Gasteiger partial charge in [-0.3, -0.25) is 19.2 Å².